The van der Waals surface area contributed by atoms with Gasteiger partial charge in [-0.3, -0.25) is 14.4 Å². The summed E-state index contributed by atoms with van der Waals surface area (Å²) in [5.41, 5.74) is 0. The molecule has 0 aliphatic carbocycles. The molecular weight excluding hydrogens is 961 g/mol. The summed E-state index contributed by atoms with van der Waals surface area (Å²) in [7, 11) is 0. The Labute approximate surface area is 483 Å². The van der Waals surface area contributed by atoms with E-state index in [9.17, 15) is 14.4 Å². The molecule has 0 radical (unpaired) electrons. The molecule has 0 aromatic heterocycles. The van der Waals surface area contributed by atoms with Crippen LogP contribution < -0.4 is 0 Å². The molecule has 0 saturated heterocycles. The zero-order chi connectivity index (χ0) is 56.4. The summed E-state index contributed by atoms with van der Waals surface area (Å²) in [6, 6.07) is 0. The van der Waals surface area contributed by atoms with Crippen LogP contribution in [0.3, 0.4) is 0 Å². The smallest absolute Gasteiger partial charge is 0.306 e. The minimum Gasteiger partial charge on any atom is -0.462 e. The zero-order valence-electron chi connectivity index (χ0n) is 51.4. The molecule has 6 heteroatoms. The maximum Gasteiger partial charge on any atom is 0.306 e. The lowest BCUT2D eigenvalue weighted by Crippen LogP contribution is -2.30. The molecule has 0 bridgehead atoms. The van der Waals surface area contributed by atoms with E-state index in [-0.39, 0.29) is 31.1 Å². The Morgan fingerprint density at radius 2 is 0.500 bits per heavy atom. The molecule has 0 aliphatic heterocycles. The molecule has 78 heavy (non-hydrogen) atoms. The Hall–Kier alpha value is -3.67. The fraction of sp³-hybridized carbons (Fsp3) is 0.736. The molecule has 0 saturated carbocycles. The van der Waals surface area contributed by atoms with Gasteiger partial charge in [0.05, 0.1) is 0 Å². The highest BCUT2D eigenvalue weighted by Crippen LogP contribution is 2.16. The van der Waals surface area contributed by atoms with Gasteiger partial charge in [-0.2, -0.15) is 0 Å². The largest absolute Gasteiger partial charge is 0.462 e. The third kappa shape index (κ3) is 63.2. The molecule has 0 aliphatic rings. The normalized spacial score (nSPS) is 12.7. The van der Waals surface area contributed by atoms with Gasteiger partial charge in [-0.05, 0) is 122 Å². The number of carbonyl (C=O) groups excluding carboxylic acids is 3. The molecule has 0 N–H and O–H groups in total. The molecule has 1 unspecified atom stereocenters. The molecule has 0 aromatic carbocycles. The molecule has 0 spiro atoms. The van der Waals surface area contributed by atoms with Crippen molar-refractivity contribution >= 4 is 17.9 Å². The lowest BCUT2D eigenvalue weighted by atomic mass is 10.1. The Morgan fingerprint density at radius 3 is 0.795 bits per heavy atom. The average molecular weight is 1090 g/mol. The van der Waals surface area contributed by atoms with E-state index in [1.165, 1.54) is 173 Å². The second kappa shape index (κ2) is 65.8. The van der Waals surface area contributed by atoms with Gasteiger partial charge >= 0.3 is 17.9 Å². The molecule has 0 amide bonds. The van der Waals surface area contributed by atoms with Crippen LogP contribution in [0.2, 0.25) is 0 Å². The van der Waals surface area contributed by atoms with Gasteiger partial charge in [0.1, 0.15) is 13.2 Å². The summed E-state index contributed by atoms with van der Waals surface area (Å²) in [5.74, 6) is -0.910. The first-order chi connectivity index (χ1) is 38.5. The lowest BCUT2D eigenvalue weighted by molar-refractivity contribution is -0.167. The predicted molar refractivity (Wildman–Crippen MR) is 339 cm³/mol. The number of hydrogen-bond donors (Lipinski definition) is 0. The van der Waals surface area contributed by atoms with Crippen LogP contribution in [-0.2, 0) is 28.6 Å². The fourth-order valence-corrected chi connectivity index (χ4v) is 9.32. The van der Waals surface area contributed by atoms with E-state index in [2.05, 4.69) is 118 Å². The van der Waals surface area contributed by atoms with Gasteiger partial charge in [-0.25, -0.2) is 0 Å². The topological polar surface area (TPSA) is 78.9 Å². The van der Waals surface area contributed by atoms with Crippen molar-refractivity contribution < 1.29 is 28.6 Å². The second-order valence-electron chi connectivity index (χ2n) is 22.0. The number of carbonyl (C=O) groups is 3. The highest BCUT2D eigenvalue weighted by molar-refractivity contribution is 5.71. The highest BCUT2D eigenvalue weighted by Gasteiger charge is 2.19. The van der Waals surface area contributed by atoms with Crippen molar-refractivity contribution in [1.29, 1.82) is 0 Å². The van der Waals surface area contributed by atoms with E-state index in [1.807, 2.05) is 0 Å². The van der Waals surface area contributed by atoms with Crippen molar-refractivity contribution in [3.8, 4) is 0 Å². The number of unbranched alkanes of at least 4 members (excludes halogenated alkanes) is 33. The predicted octanol–water partition coefficient (Wildman–Crippen LogP) is 22.8. The molecule has 0 rings (SSSR count). The number of ether oxygens (including phenoxy) is 3. The van der Waals surface area contributed by atoms with Crippen LogP contribution in [0, 0.1) is 0 Å². The van der Waals surface area contributed by atoms with Crippen LogP contribution in [0.25, 0.3) is 0 Å². The molecule has 6 nitrogen and oxygen atoms in total. The third-order valence-electron chi connectivity index (χ3n) is 14.3. The minimum absolute atomic E-state index is 0.0887. The first-order valence-corrected chi connectivity index (χ1v) is 33.2. The first-order valence-electron chi connectivity index (χ1n) is 33.2. The van der Waals surface area contributed by atoms with Gasteiger partial charge in [0.2, 0.25) is 0 Å². The van der Waals surface area contributed by atoms with Gasteiger partial charge in [-0.15, -0.1) is 0 Å². The zero-order valence-corrected chi connectivity index (χ0v) is 51.4. The van der Waals surface area contributed by atoms with Crippen LogP contribution in [-0.4, -0.2) is 37.2 Å². The lowest BCUT2D eigenvalue weighted by Gasteiger charge is -2.18. The van der Waals surface area contributed by atoms with E-state index in [1.54, 1.807) is 0 Å². The number of rotatable bonds is 60. The van der Waals surface area contributed by atoms with Crippen molar-refractivity contribution in [2.45, 2.75) is 329 Å². The van der Waals surface area contributed by atoms with E-state index in [4.69, 9.17) is 14.2 Å². The Balaban J connectivity index is 4.39. The average Bonchev–Trinajstić information content (AvgIpc) is 3.44. The van der Waals surface area contributed by atoms with Crippen LogP contribution in [0.5, 0.6) is 0 Å². The highest BCUT2D eigenvalue weighted by atomic mass is 16.6. The summed E-state index contributed by atoms with van der Waals surface area (Å²) in [5, 5.41) is 0. The number of esters is 3. The van der Waals surface area contributed by atoms with Crippen molar-refractivity contribution in [2.75, 3.05) is 13.2 Å². The summed E-state index contributed by atoms with van der Waals surface area (Å²) >= 11 is 0. The van der Waals surface area contributed by atoms with Crippen molar-refractivity contribution in [3.05, 3.63) is 97.2 Å². The van der Waals surface area contributed by atoms with Crippen LogP contribution >= 0.6 is 0 Å². The van der Waals surface area contributed by atoms with Gasteiger partial charge in [-0.1, -0.05) is 279 Å². The number of allylic oxidation sites excluding steroid dienone is 16. The van der Waals surface area contributed by atoms with Crippen LogP contribution in [0.4, 0.5) is 0 Å². The SMILES string of the molecule is CC/C=C\C/C=C\C/C=C\C/C=C\CCCCCCC(=O)OCC(COC(=O)CCCCCCCCCCCC/C=C\C/C=C\C/C=C\CCCCCCC)OC(=O)CCCCCCCCC/C=C\CCCCCCCCC. The van der Waals surface area contributed by atoms with Gasteiger partial charge in [0, 0.05) is 19.3 Å². The monoisotopic (exact) mass is 1080 g/mol. The summed E-state index contributed by atoms with van der Waals surface area (Å²) < 4.78 is 16.9. The van der Waals surface area contributed by atoms with Crippen molar-refractivity contribution in [2.24, 2.45) is 0 Å². The van der Waals surface area contributed by atoms with Crippen LogP contribution in [0.1, 0.15) is 323 Å². The van der Waals surface area contributed by atoms with Crippen molar-refractivity contribution in [1.82, 2.24) is 0 Å². The van der Waals surface area contributed by atoms with E-state index in [0.29, 0.717) is 19.3 Å². The molecular formula is C72H124O6. The van der Waals surface area contributed by atoms with Crippen LogP contribution in [0.15, 0.2) is 97.2 Å². The van der Waals surface area contributed by atoms with Gasteiger partial charge in [0.25, 0.3) is 0 Å². The Kier molecular flexibility index (Phi) is 62.7. The molecule has 0 heterocycles. The maximum atomic E-state index is 12.9. The quantitative estimate of drug-likeness (QED) is 0.0261. The first kappa shape index (κ1) is 74.3. The van der Waals surface area contributed by atoms with E-state index >= 15 is 0 Å². The third-order valence-corrected chi connectivity index (χ3v) is 14.3. The number of hydrogen-bond acceptors (Lipinski definition) is 6. The van der Waals surface area contributed by atoms with Gasteiger partial charge in [0.15, 0.2) is 6.10 Å². The van der Waals surface area contributed by atoms with Gasteiger partial charge < -0.3 is 14.2 Å². The standard InChI is InChI=1S/C72H124O6/c1-4-7-10-13-16-19-22-25-28-31-33-34-35-36-37-38-39-42-44-47-50-53-56-59-62-65-71(74)77-68-69(67-76-70(73)64-61-58-55-52-49-46-43-40-30-27-24-21-18-15-12-9-6-3)78-72(75)66-63-60-57-54-51-48-45-41-32-29-26-23-20-17-14-11-8-5-2/h9,12,18,21-22,25,27,29-33,35-36,43,46,69H,4-8,10-11,13-17,19-20,23-24,26,28,34,37-42,44-45,47-68H2,1-3H3/b12-9-,21-18-,25-22-,30-27-,32-29-,33-31-,36-35-,46-43-. The molecule has 0 aromatic rings. The molecule has 1 atom stereocenters. The summed E-state index contributed by atoms with van der Waals surface area (Å²) in [6.07, 6.45) is 88.4. The Bertz CT molecular complexity index is 1530. The van der Waals surface area contributed by atoms with E-state index in [0.717, 1.165) is 109 Å². The molecule has 0 fully saturated rings. The minimum atomic E-state index is -0.794. The summed E-state index contributed by atoms with van der Waals surface area (Å²) in [4.78, 5) is 38.4. The van der Waals surface area contributed by atoms with Crippen molar-refractivity contribution in [3.63, 3.8) is 0 Å². The maximum absolute atomic E-state index is 12.9. The summed E-state index contributed by atoms with van der Waals surface area (Å²) in [6.45, 7) is 6.52. The fourth-order valence-electron chi connectivity index (χ4n) is 9.32. The second-order valence-corrected chi connectivity index (χ2v) is 22.0. The van der Waals surface area contributed by atoms with E-state index < -0.39 is 6.10 Å². The molecule has 448 valence electrons. The Morgan fingerprint density at radius 1 is 0.269 bits per heavy atom.